The number of carbonyl (C=O) groups is 1. The molecule has 0 amide bonds. The van der Waals surface area contributed by atoms with Gasteiger partial charge in [0.2, 0.25) is 0 Å². The second-order valence-corrected chi connectivity index (χ2v) is 3.28. The number of nitrogens with zero attached hydrogens (tertiary/aromatic N) is 1. The highest BCUT2D eigenvalue weighted by Crippen LogP contribution is 2.18. The molecule has 1 N–H and O–H groups in total. The number of hydrogen-bond acceptors (Lipinski definition) is 2. The zero-order chi connectivity index (χ0) is 9.30. The van der Waals surface area contributed by atoms with Gasteiger partial charge in [0.15, 0.2) is 0 Å². The van der Waals surface area contributed by atoms with Gasteiger partial charge in [0, 0.05) is 5.69 Å². The first-order valence-electron chi connectivity index (χ1n) is 3.39. The van der Waals surface area contributed by atoms with Gasteiger partial charge in [-0.15, -0.1) is 0 Å². The summed E-state index contributed by atoms with van der Waals surface area (Å²) in [5, 5.41) is 8.77. The van der Waals surface area contributed by atoms with Crippen LogP contribution in [0.1, 0.15) is 21.6 Å². The molecule has 1 aromatic rings. The molecule has 0 unspecified atom stereocenters. The molecular formula is C8H8BrNO2. The number of rotatable bonds is 1. The maximum atomic E-state index is 10.7. The van der Waals surface area contributed by atoms with Gasteiger partial charge in [-0.25, -0.2) is 9.78 Å². The lowest BCUT2D eigenvalue weighted by molar-refractivity contribution is 0.0695. The van der Waals surface area contributed by atoms with Crippen LogP contribution in [0.2, 0.25) is 0 Å². The number of pyridine rings is 1. The van der Waals surface area contributed by atoms with E-state index in [1.165, 1.54) is 0 Å². The van der Waals surface area contributed by atoms with E-state index in [1.807, 2.05) is 0 Å². The Bertz CT molecular complexity index is 336. The number of aromatic carboxylic acids is 1. The predicted octanol–water partition coefficient (Wildman–Crippen LogP) is 2.16. The van der Waals surface area contributed by atoms with E-state index in [4.69, 9.17) is 5.11 Å². The average molecular weight is 230 g/mol. The van der Waals surface area contributed by atoms with Crippen LogP contribution < -0.4 is 0 Å². The monoisotopic (exact) mass is 229 g/mol. The van der Waals surface area contributed by atoms with Crippen LogP contribution in [0, 0.1) is 13.8 Å². The summed E-state index contributed by atoms with van der Waals surface area (Å²) in [7, 11) is 0. The lowest BCUT2D eigenvalue weighted by Gasteiger charge is -2.03. The van der Waals surface area contributed by atoms with E-state index in [-0.39, 0.29) is 0 Å². The van der Waals surface area contributed by atoms with Crippen molar-refractivity contribution >= 4 is 21.9 Å². The third kappa shape index (κ3) is 1.64. The molecule has 3 nitrogen and oxygen atoms in total. The number of hydrogen-bond donors (Lipinski definition) is 1. The fourth-order valence-electron chi connectivity index (χ4n) is 0.921. The Balaban J connectivity index is 3.37. The largest absolute Gasteiger partial charge is 0.478 e. The molecule has 12 heavy (non-hydrogen) atoms. The van der Waals surface area contributed by atoms with Crippen LogP contribution in [0.15, 0.2) is 10.7 Å². The minimum absolute atomic E-state index is 0.300. The Morgan fingerprint density at radius 3 is 2.67 bits per heavy atom. The second kappa shape index (κ2) is 3.23. The Kier molecular flexibility index (Phi) is 2.47. The van der Waals surface area contributed by atoms with E-state index in [9.17, 15) is 4.79 Å². The zero-order valence-corrected chi connectivity index (χ0v) is 8.34. The van der Waals surface area contributed by atoms with E-state index < -0.39 is 5.97 Å². The van der Waals surface area contributed by atoms with E-state index >= 15 is 0 Å². The van der Waals surface area contributed by atoms with Gasteiger partial charge >= 0.3 is 5.97 Å². The molecule has 64 valence electrons. The first kappa shape index (κ1) is 9.19. The zero-order valence-electron chi connectivity index (χ0n) is 6.76. The summed E-state index contributed by atoms with van der Waals surface area (Å²) in [6.07, 6.45) is 0. The van der Waals surface area contributed by atoms with Crippen molar-refractivity contribution in [2.75, 3.05) is 0 Å². The molecule has 0 saturated heterocycles. The molecule has 0 atom stereocenters. The number of halogens is 1. The van der Waals surface area contributed by atoms with Crippen LogP contribution in [0.4, 0.5) is 0 Å². The van der Waals surface area contributed by atoms with Crippen LogP contribution in [0.25, 0.3) is 0 Å². The van der Waals surface area contributed by atoms with Crippen molar-refractivity contribution in [3.63, 3.8) is 0 Å². The third-order valence-electron chi connectivity index (χ3n) is 1.57. The van der Waals surface area contributed by atoms with Crippen LogP contribution in [0.5, 0.6) is 0 Å². The standard InChI is InChI=1S/C8H8BrNO2/c1-4-3-6(8(11)12)5(2)7(9)10-4/h3H,1-2H3,(H,11,12). The van der Waals surface area contributed by atoms with Gasteiger partial charge in [0.1, 0.15) is 4.60 Å². The van der Waals surface area contributed by atoms with Crippen molar-refractivity contribution in [3.8, 4) is 0 Å². The van der Waals surface area contributed by atoms with Crippen LogP contribution in [-0.4, -0.2) is 16.1 Å². The molecule has 1 aromatic heterocycles. The molecule has 4 heteroatoms. The highest BCUT2D eigenvalue weighted by Gasteiger charge is 2.10. The molecule has 1 rings (SSSR count). The van der Waals surface area contributed by atoms with Gasteiger partial charge in [-0.3, -0.25) is 0 Å². The normalized spacial score (nSPS) is 9.92. The summed E-state index contributed by atoms with van der Waals surface area (Å²) >= 11 is 3.19. The topological polar surface area (TPSA) is 50.2 Å². The van der Waals surface area contributed by atoms with E-state index in [1.54, 1.807) is 19.9 Å². The number of aromatic nitrogens is 1. The molecular weight excluding hydrogens is 222 g/mol. The SMILES string of the molecule is Cc1cc(C(=O)O)c(C)c(Br)n1. The Morgan fingerprint density at radius 1 is 1.58 bits per heavy atom. The van der Waals surface area contributed by atoms with Crippen LogP contribution in [-0.2, 0) is 0 Å². The van der Waals surface area contributed by atoms with Gasteiger partial charge in [0.25, 0.3) is 0 Å². The lowest BCUT2D eigenvalue weighted by Crippen LogP contribution is -2.02. The van der Waals surface area contributed by atoms with Gasteiger partial charge in [0.05, 0.1) is 5.56 Å². The Labute approximate surface area is 78.6 Å². The number of carboxylic acids is 1. The van der Waals surface area contributed by atoms with Crippen molar-refractivity contribution in [1.82, 2.24) is 4.98 Å². The molecule has 0 radical (unpaired) electrons. The number of carboxylic acid groups (broad SMARTS) is 1. The molecule has 0 saturated carbocycles. The molecule has 0 aliphatic carbocycles. The summed E-state index contributed by atoms with van der Waals surface area (Å²) in [6.45, 7) is 3.48. The van der Waals surface area contributed by atoms with Gasteiger partial charge in [-0.2, -0.15) is 0 Å². The maximum Gasteiger partial charge on any atom is 0.336 e. The number of aryl methyl sites for hydroxylation is 1. The van der Waals surface area contributed by atoms with Crippen molar-refractivity contribution in [3.05, 3.63) is 27.5 Å². The third-order valence-corrected chi connectivity index (χ3v) is 2.34. The fraction of sp³-hybridized carbons (Fsp3) is 0.250. The predicted molar refractivity (Wildman–Crippen MR) is 48.4 cm³/mol. The summed E-state index contributed by atoms with van der Waals surface area (Å²) in [4.78, 5) is 14.7. The van der Waals surface area contributed by atoms with Gasteiger partial charge in [-0.1, -0.05) is 0 Å². The molecule has 0 spiro atoms. The van der Waals surface area contributed by atoms with E-state index in [2.05, 4.69) is 20.9 Å². The summed E-state index contributed by atoms with van der Waals surface area (Å²) in [5.41, 5.74) is 1.66. The van der Waals surface area contributed by atoms with Gasteiger partial charge in [-0.05, 0) is 41.4 Å². The van der Waals surface area contributed by atoms with Crippen molar-refractivity contribution in [2.24, 2.45) is 0 Å². The summed E-state index contributed by atoms with van der Waals surface area (Å²) in [6, 6.07) is 1.56. The van der Waals surface area contributed by atoms with Crippen molar-refractivity contribution in [1.29, 1.82) is 0 Å². The minimum atomic E-state index is -0.918. The van der Waals surface area contributed by atoms with E-state index in [0.717, 1.165) is 0 Å². The van der Waals surface area contributed by atoms with Crippen LogP contribution in [0.3, 0.4) is 0 Å². The average Bonchev–Trinajstić information content (AvgIpc) is 1.96. The molecule has 0 aliphatic heterocycles. The Hall–Kier alpha value is -0.900. The molecule has 0 bridgehead atoms. The lowest BCUT2D eigenvalue weighted by atomic mass is 10.1. The van der Waals surface area contributed by atoms with Gasteiger partial charge < -0.3 is 5.11 Å². The summed E-state index contributed by atoms with van der Waals surface area (Å²) in [5.74, 6) is -0.918. The second-order valence-electron chi connectivity index (χ2n) is 2.53. The van der Waals surface area contributed by atoms with E-state index in [0.29, 0.717) is 21.4 Å². The molecule has 1 heterocycles. The quantitative estimate of drug-likeness (QED) is 0.752. The highest BCUT2D eigenvalue weighted by molar-refractivity contribution is 9.10. The van der Waals surface area contributed by atoms with Crippen molar-refractivity contribution in [2.45, 2.75) is 13.8 Å². The molecule has 0 aliphatic rings. The maximum absolute atomic E-state index is 10.7. The minimum Gasteiger partial charge on any atom is -0.478 e. The smallest absolute Gasteiger partial charge is 0.336 e. The van der Waals surface area contributed by atoms with Crippen molar-refractivity contribution < 1.29 is 9.90 Å². The van der Waals surface area contributed by atoms with Crippen LogP contribution >= 0.6 is 15.9 Å². The molecule has 0 aromatic carbocycles. The molecule has 0 fully saturated rings. The summed E-state index contributed by atoms with van der Waals surface area (Å²) < 4.78 is 0.597. The fourth-order valence-corrected chi connectivity index (χ4v) is 1.41. The Morgan fingerprint density at radius 2 is 2.17 bits per heavy atom. The first-order valence-corrected chi connectivity index (χ1v) is 4.18. The highest BCUT2D eigenvalue weighted by atomic mass is 79.9. The first-order chi connectivity index (χ1) is 5.52.